The molecular formula is C31H44N4O8. The summed E-state index contributed by atoms with van der Waals surface area (Å²) in [5, 5.41) is 60.8. The highest BCUT2D eigenvalue weighted by molar-refractivity contribution is 6.24. The number of Topliss-reactive ketones (excluding diaryl/α,β-unsaturated/α-hetero) is 2. The summed E-state index contributed by atoms with van der Waals surface area (Å²) in [6, 6.07) is 2.13. The summed E-state index contributed by atoms with van der Waals surface area (Å²) in [7, 11) is 2.95. The summed E-state index contributed by atoms with van der Waals surface area (Å²) in [6.07, 6.45) is 1.18. The summed E-state index contributed by atoms with van der Waals surface area (Å²) in [6.45, 7) is 6.71. The lowest BCUT2D eigenvalue weighted by molar-refractivity contribution is -0.169. The number of ketones is 2. The van der Waals surface area contributed by atoms with Crippen LogP contribution in [0.4, 0.5) is 5.69 Å². The number of aromatic hydroxyl groups is 1. The minimum atomic E-state index is -2.93. The molecule has 1 saturated heterocycles. The molecule has 6 atom stereocenters. The third-order valence-corrected chi connectivity index (χ3v) is 9.62. The molecule has 236 valence electrons. The number of amides is 1. The predicted octanol–water partition coefficient (Wildman–Crippen LogP) is 1.42. The van der Waals surface area contributed by atoms with Crippen LogP contribution in [0.5, 0.6) is 5.75 Å². The van der Waals surface area contributed by atoms with E-state index in [2.05, 4.69) is 17.1 Å². The normalized spacial score (nSPS) is 31.4. The second-order valence-electron chi connectivity index (χ2n) is 12.2. The third kappa shape index (κ3) is 4.71. The van der Waals surface area contributed by atoms with Crippen LogP contribution in [0, 0.1) is 11.8 Å². The quantitative estimate of drug-likeness (QED) is 0.184. The molecule has 8 N–H and O–H groups in total. The van der Waals surface area contributed by atoms with Gasteiger partial charge in [0.05, 0.1) is 29.3 Å². The van der Waals surface area contributed by atoms with E-state index in [0.717, 1.165) is 38.9 Å². The number of primary amides is 1. The number of fused-ring (bicyclic) bond motifs is 3. The number of likely N-dealkylation sites (N-methyl/N-ethyl adjacent to an activating group) is 1. The molecular weight excluding hydrogens is 556 g/mol. The van der Waals surface area contributed by atoms with Gasteiger partial charge in [-0.2, -0.15) is 0 Å². The maximum absolute atomic E-state index is 14.1. The maximum atomic E-state index is 14.1. The largest absolute Gasteiger partial charge is 0.508 e. The summed E-state index contributed by atoms with van der Waals surface area (Å²) in [4.78, 5) is 43.3. The number of hydrogen-bond donors (Lipinski definition) is 7. The number of aliphatic hydroxyl groups excluding tert-OH is 3. The number of phenols is 1. The number of nitrogens with one attached hydrogen (secondary N) is 1. The van der Waals surface area contributed by atoms with Gasteiger partial charge in [0.2, 0.25) is 5.78 Å². The van der Waals surface area contributed by atoms with Crippen molar-refractivity contribution in [2.45, 2.75) is 70.2 Å². The third-order valence-electron chi connectivity index (χ3n) is 9.62. The lowest BCUT2D eigenvalue weighted by Crippen LogP contribution is -2.70. The molecule has 0 spiro atoms. The molecule has 1 heterocycles. The van der Waals surface area contributed by atoms with Gasteiger partial charge >= 0.3 is 0 Å². The number of hydrogen-bond acceptors (Lipinski definition) is 11. The Hall–Kier alpha value is -3.45. The monoisotopic (exact) mass is 600 g/mol. The van der Waals surface area contributed by atoms with E-state index in [1.54, 1.807) is 19.1 Å². The Kier molecular flexibility index (Phi) is 8.73. The first-order valence-corrected chi connectivity index (χ1v) is 14.4. The van der Waals surface area contributed by atoms with Gasteiger partial charge in [0, 0.05) is 30.6 Å². The fraction of sp³-hybridized carbons (Fsp3) is 0.581. The number of nitrogens with zero attached hydrogens (tertiary/aromatic N) is 2. The van der Waals surface area contributed by atoms with E-state index in [4.69, 9.17) is 5.73 Å². The van der Waals surface area contributed by atoms with E-state index in [0.29, 0.717) is 11.3 Å². The van der Waals surface area contributed by atoms with Crippen molar-refractivity contribution < 1.29 is 39.9 Å². The molecule has 2 unspecified atom stereocenters. The fourth-order valence-electron chi connectivity index (χ4n) is 7.57. The lowest BCUT2D eigenvalue weighted by atomic mass is 9.54. The van der Waals surface area contributed by atoms with Crippen LogP contribution in [0.25, 0.3) is 5.76 Å². The summed E-state index contributed by atoms with van der Waals surface area (Å²) in [5.74, 6) is -8.92. The van der Waals surface area contributed by atoms with E-state index >= 15 is 0 Å². The Labute approximate surface area is 251 Å². The zero-order chi connectivity index (χ0) is 30.8. The van der Waals surface area contributed by atoms with Crippen molar-refractivity contribution in [2.75, 3.05) is 39.0 Å². The molecule has 12 heteroatoms. The molecule has 1 saturated carbocycles. The topological polar surface area (TPSA) is 197 Å². The number of rotatable bonds is 6. The molecule has 3 aliphatic carbocycles. The lowest BCUT2D eigenvalue weighted by Gasteiger charge is -2.53. The molecule has 1 aromatic rings. The Balaban J connectivity index is 0.00000423. The Bertz CT molecular complexity index is 1400. The van der Waals surface area contributed by atoms with Crippen molar-refractivity contribution >= 4 is 28.9 Å². The minimum absolute atomic E-state index is 0. The standard InChI is InChI=1S/C30H40N4O8.CH4/c1-5-10-34-11-8-14(9-12-34)32-16-7-6-15-13(2)17-19(24(36)18(15)23(16)35)27(39)30(42)21(25(17)37)22(33(3)4)26(38)20(28(30)40)29(31)41;/h6-7,13-14,17,21-22,25,32,35-37,40,42H,5,8-12H2,1-4H3,(H2,31,41);1H4/t13-,17?,21?,22-,25-,30-;/m0./s1. The minimum Gasteiger partial charge on any atom is -0.508 e. The van der Waals surface area contributed by atoms with Crippen LogP contribution in [-0.2, 0) is 14.4 Å². The average Bonchev–Trinajstić information content (AvgIpc) is 2.92. The fourth-order valence-corrected chi connectivity index (χ4v) is 7.57. The van der Waals surface area contributed by atoms with Crippen LogP contribution in [0.15, 0.2) is 29.0 Å². The van der Waals surface area contributed by atoms with Crippen molar-refractivity contribution in [2.24, 2.45) is 17.6 Å². The van der Waals surface area contributed by atoms with Gasteiger partial charge in [-0.25, -0.2) is 0 Å². The number of piperidine rings is 1. The average molecular weight is 601 g/mol. The highest BCUT2D eigenvalue weighted by atomic mass is 16.4. The molecule has 12 nitrogen and oxygen atoms in total. The molecule has 1 amide bonds. The zero-order valence-electron chi connectivity index (χ0n) is 24.3. The molecule has 1 aromatic carbocycles. The van der Waals surface area contributed by atoms with Crippen LogP contribution in [0.1, 0.15) is 57.6 Å². The van der Waals surface area contributed by atoms with E-state index in [1.807, 2.05) is 0 Å². The first-order chi connectivity index (χ1) is 19.8. The van der Waals surface area contributed by atoms with Crippen LogP contribution < -0.4 is 11.1 Å². The second-order valence-corrected chi connectivity index (χ2v) is 12.2. The van der Waals surface area contributed by atoms with E-state index in [1.165, 1.54) is 19.0 Å². The van der Waals surface area contributed by atoms with E-state index < -0.39 is 75.6 Å². The van der Waals surface area contributed by atoms with Gasteiger partial charge in [0.1, 0.15) is 22.8 Å². The zero-order valence-corrected chi connectivity index (χ0v) is 24.3. The van der Waals surface area contributed by atoms with Gasteiger partial charge in [-0.3, -0.25) is 19.3 Å². The number of phenolic OH excluding ortho intramolecular Hbond substituents is 1. The number of nitrogens with two attached hydrogens (primary N) is 1. The Morgan fingerprint density at radius 3 is 2.35 bits per heavy atom. The van der Waals surface area contributed by atoms with Crippen molar-refractivity contribution in [1.29, 1.82) is 0 Å². The van der Waals surface area contributed by atoms with Gasteiger partial charge in [-0.05, 0) is 57.5 Å². The summed E-state index contributed by atoms with van der Waals surface area (Å²) >= 11 is 0. The van der Waals surface area contributed by atoms with Crippen LogP contribution >= 0.6 is 0 Å². The number of carbonyl (C=O) groups excluding carboxylic acids is 3. The van der Waals surface area contributed by atoms with Crippen LogP contribution in [0.2, 0.25) is 0 Å². The van der Waals surface area contributed by atoms with Crippen LogP contribution in [0.3, 0.4) is 0 Å². The first-order valence-electron chi connectivity index (χ1n) is 14.4. The van der Waals surface area contributed by atoms with E-state index in [9.17, 15) is 39.9 Å². The van der Waals surface area contributed by atoms with Crippen molar-refractivity contribution in [3.05, 3.63) is 40.2 Å². The summed E-state index contributed by atoms with van der Waals surface area (Å²) < 4.78 is 0. The molecule has 2 fully saturated rings. The number of likely N-dealkylation sites (tertiary alicyclic amines) is 1. The molecule has 43 heavy (non-hydrogen) atoms. The van der Waals surface area contributed by atoms with Crippen molar-refractivity contribution in [3.8, 4) is 5.75 Å². The molecule has 0 bridgehead atoms. The van der Waals surface area contributed by atoms with Crippen molar-refractivity contribution in [3.63, 3.8) is 0 Å². The molecule has 0 radical (unpaired) electrons. The van der Waals surface area contributed by atoms with Gasteiger partial charge < -0.3 is 41.5 Å². The second kappa shape index (κ2) is 11.6. The van der Waals surface area contributed by atoms with Gasteiger partial charge in [0.15, 0.2) is 11.4 Å². The predicted molar refractivity (Wildman–Crippen MR) is 160 cm³/mol. The Morgan fingerprint density at radius 2 is 1.79 bits per heavy atom. The summed E-state index contributed by atoms with van der Waals surface area (Å²) in [5.41, 5.74) is 1.93. The highest BCUT2D eigenvalue weighted by Crippen LogP contribution is 2.56. The number of carbonyl (C=O) groups is 3. The van der Waals surface area contributed by atoms with Crippen LogP contribution in [-0.4, -0.2) is 110 Å². The number of aliphatic hydroxyl groups is 4. The molecule has 4 aliphatic rings. The Morgan fingerprint density at radius 1 is 1.16 bits per heavy atom. The van der Waals surface area contributed by atoms with E-state index in [-0.39, 0.29) is 24.8 Å². The first kappa shape index (κ1) is 32.5. The maximum Gasteiger partial charge on any atom is 0.255 e. The molecule has 0 aromatic heterocycles. The van der Waals surface area contributed by atoms with Gasteiger partial charge in [0.25, 0.3) is 5.91 Å². The van der Waals surface area contributed by atoms with Gasteiger partial charge in [-0.1, -0.05) is 27.3 Å². The highest BCUT2D eigenvalue weighted by Gasteiger charge is 2.68. The smallest absolute Gasteiger partial charge is 0.255 e. The van der Waals surface area contributed by atoms with Crippen molar-refractivity contribution in [1.82, 2.24) is 9.80 Å². The molecule has 1 aliphatic heterocycles. The number of benzene rings is 1. The SMILES string of the molecule is C.CCCN1CCC(Nc2ccc3c(c2O)C(O)=C2C(=O)[C@]4(O)C(O)=C(C(N)=O)C(=O)[C@@H](N(C)C)C4[C@@H](O)C2[C@H]3C)CC1. The molecule has 5 rings (SSSR count). The number of anilines is 1. The van der Waals surface area contributed by atoms with Gasteiger partial charge in [-0.15, -0.1) is 0 Å².